The van der Waals surface area contributed by atoms with E-state index in [1.165, 1.54) is 0 Å². The summed E-state index contributed by atoms with van der Waals surface area (Å²) in [5, 5.41) is 10.9. The number of rotatable bonds is 3. The maximum absolute atomic E-state index is 9.24. The molecule has 1 aromatic carbocycles. The maximum atomic E-state index is 9.24. The average Bonchev–Trinajstić information content (AvgIpc) is 2.61. The molecule has 0 amide bonds. The highest BCUT2D eigenvalue weighted by Crippen LogP contribution is 2.21. The fraction of sp³-hybridized carbons (Fsp3) is 0.167. The molecule has 0 aliphatic carbocycles. The quantitative estimate of drug-likeness (QED) is 0.847. The first-order chi connectivity index (χ1) is 7.22. The number of aliphatic hydroxyl groups excluding tert-OH is 1. The number of para-hydroxylation sites is 1. The predicted octanol–water partition coefficient (Wildman–Crippen LogP) is 2.89. The Kier molecular flexibility index (Phi) is 2.80. The molecular formula is C12H12ClNO. The fourth-order valence-electron chi connectivity index (χ4n) is 1.78. The zero-order valence-electron chi connectivity index (χ0n) is 8.28. The van der Waals surface area contributed by atoms with E-state index in [0.717, 1.165) is 16.5 Å². The van der Waals surface area contributed by atoms with Gasteiger partial charge >= 0.3 is 0 Å². The first-order valence-electron chi connectivity index (χ1n) is 4.73. The third-order valence-corrected chi connectivity index (χ3v) is 2.50. The summed E-state index contributed by atoms with van der Waals surface area (Å²) in [4.78, 5) is 0. The highest BCUT2D eigenvalue weighted by Gasteiger charge is 2.05. The maximum Gasteiger partial charge on any atom is 0.0702 e. The van der Waals surface area contributed by atoms with Crippen molar-refractivity contribution in [3.05, 3.63) is 47.6 Å². The molecule has 3 heteroatoms. The molecule has 0 aliphatic rings. The topological polar surface area (TPSA) is 25.2 Å². The van der Waals surface area contributed by atoms with Crippen LogP contribution >= 0.6 is 11.6 Å². The summed E-state index contributed by atoms with van der Waals surface area (Å²) in [6.07, 6.45) is 1.96. The summed E-state index contributed by atoms with van der Waals surface area (Å²) < 4.78 is 2.00. The van der Waals surface area contributed by atoms with Gasteiger partial charge in [-0.15, -0.1) is 0 Å². The minimum atomic E-state index is 0.0378. The lowest BCUT2D eigenvalue weighted by atomic mass is 10.1. The second-order valence-electron chi connectivity index (χ2n) is 3.47. The van der Waals surface area contributed by atoms with E-state index in [4.69, 9.17) is 11.6 Å². The van der Waals surface area contributed by atoms with Gasteiger partial charge in [-0.2, -0.15) is 0 Å². The van der Waals surface area contributed by atoms with Crippen molar-refractivity contribution in [3.63, 3.8) is 0 Å². The number of aliphatic hydroxyl groups is 1. The number of benzene rings is 1. The molecule has 2 rings (SSSR count). The molecule has 1 N–H and O–H groups in total. The molecule has 0 spiro atoms. The number of allylic oxidation sites excluding steroid dienone is 1. The van der Waals surface area contributed by atoms with Crippen molar-refractivity contribution in [1.29, 1.82) is 0 Å². The Morgan fingerprint density at radius 3 is 2.87 bits per heavy atom. The van der Waals surface area contributed by atoms with Gasteiger partial charge in [-0.3, -0.25) is 0 Å². The Hall–Kier alpha value is -1.25. The van der Waals surface area contributed by atoms with Gasteiger partial charge in [0.1, 0.15) is 0 Å². The largest absolute Gasteiger partial charge is 0.392 e. The van der Waals surface area contributed by atoms with Crippen LogP contribution in [0.1, 0.15) is 5.56 Å². The van der Waals surface area contributed by atoms with Crippen LogP contribution in [0.5, 0.6) is 0 Å². The number of hydrogen-bond acceptors (Lipinski definition) is 1. The first kappa shape index (κ1) is 10.3. The summed E-state index contributed by atoms with van der Waals surface area (Å²) in [5.41, 5.74) is 1.94. The number of hydrogen-bond donors (Lipinski definition) is 1. The van der Waals surface area contributed by atoms with E-state index in [0.29, 0.717) is 11.6 Å². The molecule has 0 fully saturated rings. The number of halogens is 1. The van der Waals surface area contributed by atoms with Gasteiger partial charge in [0.25, 0.3) is 0 Å². The fourth-order valence-corrected chi connectivity index (χ4v) is 1.91. The average molecular weight is 222 g/mol. The second kappa shape index (κ2) is 4.09. The van der Waals surface area contributed by atoms with Crippen LogP contribution in [0, 0.1) is 0 Å². The van der Waals surface area contributed by atoms with E-state index in [9.17, 15) is 5.11 Å². The van der Waals surface area contributed by atoms with Crippen LogP contribution in [-0.2, 0) is 13.2 Å². The van der Waals surface area contributed by atoms with Crippen molar-refractivity contribution in [1.82, 2.24) is 4.57 Å². The third-order valence-electron chi connectivity index (χ3n) is 2.38. The lowest BCUT2D eigenvalue weighted by Crippen LogP contribution is -1.98. The van der Waals surface area contributed by atoms with Crippen molar-refractivity contribution < 1.29 is 5.11 Å². The third kappa shape index (κ3) is 1.91. The van der Waals surface area contributed by atoms with Gasteiger partial charge in [0, 0.05) is 16.8 Å². The molecule has 0 saturated carbocycles. The zero-order valence-corrected chi connectivity index (χ0v) is 9.04. The molecule has 0 aliphatic heterocycles. The smallest absolute Gasteiger partial charge is 0.0702 e. The van der Waals surface area contributed by atoms with Gasteiger partial charge in [0.15, 0.2) is 0 Å². The van der Waals surface area contributed by atoms with E-state index in [1.807, 2.05) is 35.0 Å². The van der Waals surface area contributed by atoms with Crippen molar-refractivity contribution >= 4 is 22.5 Å². The van der Waals surface area contributed by atoms with Gasteiger partial charge < -0.3 is 9.67 Å². The Labute approximate surface area is 93.4 Å². The van der Waals surface area contributed by atoms with E-state index in [2.05, 4.69) is 6.58 Å². The van der Waals surface area contributed by atoms with Crippen molar-refractivity contribution in [2.75, 3.05) is 0 Å². The lowest BCUT2D eigenvalue weighted by molar-refractivity contribution is 0.283. The molecule has 2 nitrogen and oxygen atoms in total. The van der Waals surface area contributed by atoms with Crippen molar-refractivity contribution in [2.45, 2.75) is 13.2 Å². The van der Waals surface area contributed by atoms with Crippen LogP contribution in [0.2, 0.25) is 0 Å². The molecule has 15 heavy (non-hydrogen) atoms. The standard InChI is InChI=1S/C12H12ClNO/c1-9(13)7-14-6-5-10-3-2-4-11(8-15)12(10)14/h2-6,15H,1,7-8H2. The van der Waals surface area contributed by atoms with E-state index in [-0.39, 0.29) is 6.61 Å². The van der Waals surface area contributed by atoms with Crippen LogP contribution in [-0.4, -0.2) is 9.67 Å². The molecule has 1 aromatic heterocycles. The van der Waals surface area contributed by atoms with E-state index < -0.39 is 0 Å². The van der Waals surface area contributed by atoms with Crippen molar-refractivity contribution in [2.24, 2.45) is 0 Å². The van der Waals surface area contributed by atoms with Crippen LogP contribution < -0.4 is 0 Å². The highest BCUT2D eigenvalue weighted by molar-refractivity contribution is 6.29. The monoisotopic (exact) mass is 221 g/mol. The van der Waals surface area contributed by atoms with Gasteiger partial charge in [-0.1, -0.05) is 36.4 Å². The van der Waals surface area contributed by atoms with Gasteiger partial charge in [-0.05, 0) is 11.5 Å². The van der Waals surface area contributed by atoms with Gasteiger partial charge in [-0.25, -0.2) is 0 Å². The summed E-state index contributed by atoms with van der Waals surface area (Å²) in [7, 11) is 0. The molecule has 0 bridgehead atoms. The number of nitrogens with zero attached hydrogens (tertiary/aromatic N) is 1. The van der Waals surface area contributed by atoms with Crippen LogP contribution in [0.3, 0.4) is 0 Å². The first-order valence-corrected chi connectivity index (χ1v) is 5.11. The zero-order chi connectivity index (χ0) is 10.8. The Morgan fingerprint density at radius 1 is 1.40 bits per heavy atom. The number of fused-ring (bicyclic) bond motifs is 1. The van der Waals surface area contributed by atoms with E-state index >= 15 is 0 Å². The highest BCUT2D eigenvalue weighted by atomic mass is 35.5. The lowest BCUT2D eigenvalue weighted by Gasteiger charge is -2.07. The SMILES string of the molecule is C=C(Cl)Cn1ccc2cccc(CO)c21. The van der Waals surface area contributed by atoms with Gasteiger partial charge in [0.2, 0.25) is 0 Å². The van der Waals surface area contributed by atoms with Crippen LogP contribution in [0.15, 0.2) is 42.1 Å². The molecule has 0 radical (unpaired) electrons. The minimum Gasteiger partial charge on any atom is -0.392 e. The van der Waals surface area contributed by atoms with Gasteiger partial charge in [0.05, 0.1) is 18.7 Å². The van der Waals surface area contributed by atoms with E-state index in [1.54, 1.807) is 0 Å². The summed E-state index contributed by atoms with van der Waals surface area (Å²) in [5.74, 6) is 0. The molecule has 0 saturated heterocycles. The van der Waals surface area contributed by atoms with Crippen molar-refractivity contribution in [3.8, 4) is 0 Å². The normalized spacial score (nSPS) is 10.8. The Bertz CT molecular complexity index is 501. The Balaban J connectivity index is 2.60. The molecular weight excluding hydrogens is 210 g/mol. The summed E-state index contributed by atoms with van der Waals surface area (Å²) >= 11 is 5.79. The van der Waals surface area contributed by atoms with Crippen LogP contribution in [0.25, 0.3) is 10.9 Å². The Morgan fingerprint density at radius 2 is 2.20 bits per heavy atom. The summed E-state index contributed by atoms with van der Waals surface area (Å²) in [6, 6.07) is 7.87. The molecule has 0 unspecified atom stereocenters. The second-order valence-corrected chi connectivity index (χ2v) is 4.01. The minimum absolute atomic E-state index is 0.0378. The van der Waals surface area contributed by atoms with Crippen LogP contribution in [0.4, 0.5) is 0 Å². The number of aromatic nitrogens is 1. The molecule has 2 aromatic rings. The summed E-state index contributed by atoms with van der Waals surface area (Å²) in [6.45, 7) is 4.28. The molecule has 1 heterocycles. The molecule has 0 atom stereocenters. The molecule has 78 valence electrons. The predicted molar refractivity (Wildman–Crippen MR) is 62.9 cm³/mol.